The lowest BCUT2D eigenvalue weighted by molar-refractivity contribution is -0.172. The van der Waals surface area contributed by atoms with Gasteiger partial charge in [-0.1, -0.05) is 33.6 Å². The molecule has 2 aromatic heterocycles. The zero-order valence-corrected chi connectivity index (χ0v) is 21.4. The Morgan fingerprint density at radius 3 is 2.44 bits per heavy atom. The second kappa shape index (κ2) is 12.5. The number of Topliss-reactive ketones (excluding diaryl/α,β-unsaturated/α-hetero) is 1. The van der Waals surface area contributed by atoms with Gasteiger partial charge in [0.1, 0.15) is 16.6 Å². The van der Waals surface area contributed by atoms with Crippen molar-refractivity contribution in [2.75, 3.05) is 0 Å². The van der Waals surface area contributed by atoms with Crippen molar-refractivity contribution in [3.8, 4) is 0 Å². The van der Waals surface area contributed by atoms with Crippen molar-refractivity contribution in [1.29, 1.82) is 0 Å². The lowest BCUT2D eigenvalue weighted by Crippen LogP contribution is -2.33. The molecule has 1 N–H and O–H groups in total. The highest BCUT2D eigenvalue weighted by Gasteiger charge is 2.19. The van der Waals surface area contributed by atoms with Gasteiger partial charge in [0.25, 0.3) is 0 Å². The molecule has 9 heteroatoms. The van der Waals surface area contributed by atoms with E-state index in [1.165, 1.54) is 0 Å². The highest BCUT2D eigenvalue weighted by Crippen LogP contribution is 2.30. The Morgan fingerprint density at radius 1 is 1.12 bits per heavy atom. The first-order valence-corrected chi connectivity index (χ1v) is 12.9. The quantitative estimate of drug-likeness (QED) is 0.167. The third-order valence-corrected chi connectivity index (χ3v) is 7.03. The molecule has 0 atom stereocenters. The summed E-state index contributed by atoms with van der Waals surface area (Å²) in [6.45, 7) is 9.82. The normalized spacial score (nSPS) is 11.8. The smallest absolute Gasteiger partial charge is 0.246 e. The summed E-state index contributed by atoms with van der Waals surface area (Å²) >= 11 is 3.16. The summed E-state index contributed by atoms with van der Waals surface area (Å²) in [5.41, 5.74) is -0.0558. The van der Waals surface area contributed by atoms with E-state index in [9.17, 15) is 14.8 Å². The van der Waals surface area contributed by atoms with Gasteiger partial charge in [-0.2, -0.15) is 0 Å². The van der Waals surface area contributed by atoms with Gasteiger partial charge in [0, 0.05) is 18.3 Å². The second-order valence-corrected chi connectivity index (χ2v) is 11.6. The van der Waals surface area contributed by atoms with Gasteiger partial charge >= 0.3 is 0 Å². The molecule has 2 heterocycles. The van der Waals surface area contributed by atoms with Crippen molar-refractivity contribution >= 4 is 34.8 Å². The summed E-state index contributed by atoms with van der Waals surface area (Å²) in [6, 6.07) is -0.201. The van der Waals surface area contributed by atoms with Crippen LogP contribution in [0.4, 0.5) is 0 Å². The first-order valence-electron chi connectivity index (χ1n) is 11.1. The van der Waals surface area contributed by atoms with Crippen molar-refractivity contribution in [1.82, 2.24) is 15.0 Å². The average molecular weight is 482 g/mol. The van der Waals surface area contributed by atoms with Crippen LogP contribution < -0.4 is 0 Å². The minimum absolute atomic E-state index is 0.0558. The number of carbonyl (C=O) groups excluding carboxylic acids is 2. The minimum atomic E-state index is -0.244. The molecule has 0 bridgehead atoms. The third-order valence-electron chi connectivity index (χ3n) is 4.85. The van der Waals surface area contributed by atoms with Crippen molar-refractivity contribution in [3.63, 3.8) is 0 Å². The number of hydrogen-bond acceptors (Lipinski definition) is 8. The number of hydroxylamine groups is 2. The Morgan fingerprint density at radius 2 is 1.81 bits per heavy atom. The van der Waals surface area contributed by atoms with Gasteiger partial charge in [0.15, 0.2) is 0 Å². The molecule has 178 valence electrons. The van der Waals surface area contributed by atoms with Crippen molar-refractivity contribution in [3.05, 3.63) is 29.1 Å². The zero-order chi connectivity index (χ0) is 23.7. The predicted molar refractivity (Wildman–Crippen MR) is 127 cm³/mol. The molecular weight excluding hydrogens is 446 g/mol. The molecule has 0 unspecified atom stereocenters. The monoisotopic (exact) mass is 481 g/mol. The van der Waals surface area contributed by atoms with Crippen LogP contribution in [-0.2, 0) is 27.2 Å². The van der Waals surface area contributed by atoms with Crippen LogP contribution in [0.2, 0.25) is 0 Å². The summed E-state index contributed by atoms with van der Waals surface area (Å²) in [5.74, 6) is 2.16. The maximum atomic E-state index is 12.2. The summed E-state index contributed by atoms with van der Waals surface area (Å²) in [6.07, 6.45) is 8.15. The molecule has 0 saturated heterocycles. The first kappa shape index (κ1) is 26.5. The maximum absolute atomic E-state index is 12.2. The Kier molecular flexibility index (Phi) is 10.4. The summed E-state index contributed by atoms with van der Waals surface area (Å²) in [7, 11) is 0. The lowest BCUT2D eigenvalue weighted by Gasteiger charge is -2.18. The standard InChI is InChI=1S/C23H35N3O4S2/c1-16(2)26(29)21(28)11-9-7-6-8-10-17(27)12-20-25-14-22(32-20)31-15-19-24-13-18(30-19)23(3,4)5/h13-14,16,29H,6-12,15H2,1-5H3. The molecule has 0 spiro atoms. The Labute approximate surface area is 199 Å². The molecule has 0 fully saturated rings. The largest absolute Gasteiger partial charge is 0.444 e. The minimum Gasteiger partial charge on any atom is -0.444 e. The first-order chi connectivity index (χ1) is 15.1. The number of ketones is 1. The molecule has 0 aliphatic heterocycles. The van der Waals surface area contributed by atoms with Crippen molar-refractivity contribution in [2.45, 2.75) is 101 Å². The highest BCUT2D eigenvalue weighted by molar-refractivity contribution is 8.00. The Balaban J connectivity index is 1.62. The number of carbonyl (C=O) groups is 2. The van der Waals surface area contributed by atoms with Gasteiger partial charge in [-0.3, -0.25) is 14.8 Å². The number of thiazole rings is 1. The van der Waals surface area contributed by atoms with Crippen molar-refractivity contribution in [2.24, 2.45) is 0 Å². The van der Waals surface area contributed by atoms with Gasteiger partial charge in [-0.25, -0.2) is 15.0 Å². The predicted octanol–water partition coefficient (Wildman–Crippen LogP) is 5.80. The fourth-order valence-electron chi connectivity index (χ4n) is 2.91. The third kappa shape index (κ3) is 9.03. The average Bonchev–Trinajstić information content (AvgIpc) is 3.37. The molecule has 0 aliphatic carbocycles. The number of unbranched alkanes of at least 4 members (excludes halogenated alkanes) is 3. The summed E-state index contributed by atoms with van der Waals surface area (Å²) < 4.78 is 6.86. The van der Waals surface area contributed by atoms with Crippen LogP contribution in [0.25, 0.3) is 0 Å². The van der Waals surface area contributed by atoms with Gasteiger partial charge in [-0.05, 0) is 26.7 Å². The van der Waals surface area contributed by atoms with Crippen LogP contribution in [0.3, 0.4) is 0 Å². The van der Waals surface area contributed by atoms with E-state index in [1.54, 1.807) is 43.1 Å². The van der Waals surface area contributed by atoms with E-state index in [-0.39, 0.29) is 23.1 Å². The Hall–Kier alpha value is -1.71. The van der Waals surface area contributed by atoms with Gasteiger partial charge in [-0.15, -0.1) is 23.1 Å². The molecule has 1 amide bonds. The van der Waals surface area contributed by atoms with E-state index >= 15 is 0 Å². The maximum Gasteiger partial charge on any atom is 0.246 e. The number of hydrogen-bond donors (Lipinski definition) is 1. The summed E-state index contributed by atoms with van der Waals surface area (Å²) in [5, 5.41) is 11.2. The van der Waals surface area contributed by atoms with Crippen LogP contribution in [0.1, 0.15) is 89.8 Å². The number of aromatic nitrogens is 2. The van der Waals surface area contributed by atoms with Crippen LogP contribution in [0, 0.1) is 0 Å². The van der Waals surface area contributed by atoms with E-state index in [4.69, 9.17) is 4.42 Å². The van der Waals surface area contributed by atoms with Crippen LogP contribution >= 0.6 is 23.1 Å². The number of amides is 1. The van der Waals surface area contributed by atoms with Gasteiger partial charge < -0.3 is 4.42 Å². The number of oxazole rings is 1. The Bertz CT molecular complexity index is 871. The van der Waals surface area contributed by atoms with E-state index in [0.717, 1.165) is 45.7 Å². The van der Waals surface area contributed by atoms with Crippen LogP contribution in [-0.4, -0.2) is 38.0 Å². The molecule has 32 heavy (non-hydrogen) atoms. The SMILES string of the molecule is CC(C)N(O)C(=O)CCCCCCC(=O)Cc1ncc(SCc2ncc(C(C)(C)C)o2)s1. The second-order valence-electron chi connectivity index (χ2n) is 9.19. The molecule has 0 radical (unpaired) electrons. The topological polar surface area (TPSA) is 96.5 Å². The molecule has 2 rings (SSSR count). The van der Waals surface area contributed by atoms with Crippen LogP contribution in [0.15, 0.2) is 21.0 Å². The number of thioether (sulfide) groups is 1. The number of nitrogens with zero attached hydrogens (tertiary/aromatic N) is 3. The fraction of sp³-hybridized carbons (Fsp3) is 0.652. The molecule has 0 aliphatic rings. The molecule has 2 aromatic rings. The van der Waals surface area contributed by atoms with E-state index < -0.39 is 0 Å². The van der Waals surface area contributed by atoms with E-state index in [2.05, 4.69) is 30.7 Å². The fourth-order valence-corrected chi connectivity index (χ4v) is 4.81. The van der Waals surface area contributed by atoms with Crippen molar-refractivity contribution < 1.29 is 19.2 Å². The zero-order valence-electron chi connectivity index (χ0n) is 19.7. The summed E-state index contributed by atoms with van der Waals surface area (Å²) in [4.78, 5) is 32.7. The van der Waals surface area contributed by atoms with Crippen LogP contribution in [0.5, 0.6) is 0 Å². The number of rotatable bonds is 13. The van der Waals surface area contributed by atoms with Gasteiger partial charge in [0.2, 0.25) is 11.8 Å². The van der Waals surface area contributed by atoms with Gasteiger partial charge in [0.05, 0.1) is 34.8 Å². The van der Waals surface area contributed by atoms with E-state index in [0.29, 0.717) is 30.9 Å². The molecule has 7 nitrogen and oxygen atoms in total. The molecule has 0 saturated carbocycles. The molecule has 0 aromatic carbocycles. The highest BCUT2D eigenvalue weighted by atomic mass is 32.2. The van der Waals surface area contributed by atoms with E-state index in [1.807, 2.05) is 6.20 Å². The lowest BCUT2D eigenvalue weighted by atomic mass is 9.94. The molecular formula is C23H35N3O4S2.